The van der Waals surface area contributed by atoms with E-state index in [0.717, 1.165) is 0 Å². The zero-order valence-electron chi connectivity index (χ0n) is 18.8. The van der Waals surface area contributed by atoms with Crippen LogP contribution in [0.4, 0.5) is 10.1 Å². The van der Waals surface area contributed by atoms with Gasteiger partial charge < -0.3 is 19.1 Å². The Hall–Kier alpha value is -3.49. The summed E-state index contributed by atoms with van der Waals surface area (Å²) in [5.74, 6) is -0.767. The van der Waals surface area contributed by atoms with Crippen molar-refractivity contribution in [2.75, 3.05) is 25.2 Å². The van der Waals surface area contributed by atoms with E-state index in [1.165, 1.54) is 43.2 Å². The Morgan fingerprint density at radius 3 is 2.74 bits per heavy atom. The second kappa shape index (κ2) is 9.04. The minimum Gasteiger partial charge on any atom is -0.479 e. The van der Waals surface area contributed by atoms with Crippen LogP contribution in [0.25, 0.3) is 0 Å². The van der Waals surface area contributed by atoms with Gasteiger partial charge in [-0.2, -0.15) is 0 Å². The normalized spacial score (nSPS) is 21.5. The summed E-state index contributed by atoms with van der Waals surface area (Å²) in [5, 5.41) is 0. The van der Waals surface area contributed by atoms with E-state index < -0.39 is 23.8 Å². The number of carbonyl (C=O) groups is 3. The number of Topliss-reactive ketones (excluding diaryl/α,β-unsaturated/α-hetero) is 1. The molecule has 1 aliphatic heterocycles. The largest absolute Gasteiger partial charge is 0.479 e. The fraction of sp³-hybridized carbons (Fsp3) is 0.440. The highest BCUT2D eigenvalue weighted by atomic mass is 19.1. The first-order chi connectivity index (χ1) is 16.4. The molecule has 2 fully saturated rings. The summed E-state index contributed by atoms with van der Waals surface area (Å²) >= 11 is 0. The molecule has 0 radical (unpaired) electrons. The second-order valence-corrected chi connectivity index (χ2v) is 8.97. The summed E-state index contributed by atoms with van der Waals surface area (Å²) in [7, 11) is 1.25. The molecule has 9 heteroatoms. The Labute approximate surface area is 196 Å². The van der Waals surface area contributed by atoms with E-state index >= 15 is 0 Å². The number of nitrogens with zero attached hydrogens (tertiary/aromatic N) is 2. The molecule has 1 saturated carbocycles. The Morgan fingerprint density at radius 1 is 1.21 bits per heavy atom. The molecule has 8 nitrogen and oxygen atoms in total. The summed E-state index contributed by atoms with van der Waals surface area (Å²) < 4.78 is 30.9. The number of esters is 1. The molecule has 1 amide bonds. The lowest BCUT2D eigenvalue weighted by molar-refractivity contribution is -0.141. The van der Waals surface area contributed by atoms with Crippen molar-refractivity contribution in [3.05, 3.63) is 47.4 Å². The van der Waals surface area contributed by atoms with Crippen molar-refractivity contribution in [2.45, 2.75) is 38.2 Å². The topological polar surface area (TPSA) is 95.0 Å². The number of aromatic nitrogens is 1. The zero-order valence-corrected chi connectivity index (χ0v) is 18.8. The Bertz CT molecular complexity index is 1130. The van der Waals surface area contributed by atoms with Crippen molar-refractivity contribution in [1.29, 1.82) is 0 Å². The summed E-state index contributed by atoms with van der Waals surface area (Å²) in [6, 6.07) is 6.22. The van der Waals surface area contributed by atoms with Gasteiger partial charge in [0.2, 0.25) is 5.88 Å². The SMILES string of the molecule is COC(=O)CC1Cc2c(F)cc(N3CCC(Oc4ccc(OCC5CC5)nc4)C3=O)cc2C1=O. The van der Waals surface area contributed by atoms with Crippen LogP contribution >= 0.6 is 0 Å². The molecule has 0 N–H and O–H groups in total. The van der Waals surface area contributed by atoms with Crippen LogP contribution < -0.4 is 14.4 Å². The minimum absolute atomic E-state index is 0.101. The molecule has 1 aromatic heterocycles. The van der Waals surface area contributed by atoms with Crippen molar-refractivity contribution in [3.63, 3.8) is 0 Å². The van der Waals surface area contributed by atoms with Crippen molar-refractivity contribution in [2.24, 2.45) is 11.8 Å². The number of benzene rings is 1. The van der Waals surface area contributed by atoms with Gasteiger partial charge in [-0.1, -0.05) is 0 Å². The van der Waals surface area contributed by atoms with Gasteiger partial charge in [-0.05, 0) is 48.9 Å². The smallest absolute Gasteiger partial charge is 0.306 e. The van der Waals surface area contributed by atoms with E-state index in [2.05, 4.69) is 9.72 Å². The van der Waals surface area contributed by atoms with Crippen LogP contribution in [0.2, 0.25) is 0 Å². The minimum atomic E-state index is -0.737. The first kappa shape index (κ1) is 22.3. The van der Waals surface area contributed by atoms with Gasteiger partial charge >= 0.3 is 5.97 Å². The molecular formula is C25H25FN2O6. The molecule has 0 spiro atoms. The summed E-state index contributed by atoms with van der Waals surface area (Å²) in [6.07, 6.45) is 3.62. The third-order valence-electron chi connectivity index (χ3n) is 6.53. The Morgan fingerprint density at radius 2 is 2.03 bits per heavy atom. The van der Waals surface area contributed by atoms with E-state index in [0.29, 0.717) is 42.8 Å². The highest BCUT2D eigenvalue weighted by molar-refractivity contribution is 6.06. The van der Waals surface area contributed by atoms with E-state index in [4.69, 9.17) is 9.47 Å². The van der Waals surface area contributed by atoms with Gasteiger partial charge in [0, 0.05) is 36.2 Å². The second-order valence-electron chi connectivity index (χ2n) is 8.97. The number of ketones is 1. The fourth-order valence-corrected chi connectivity index (χ4v) is 4.41. The number of amides is 1. The average molecular weight is 468 g/mol. The highest BCUT2D eigenvalue weighted by Gasteiger charge is 2.38. The van der Waals surface area contributed by atoms with Gasteiger partial charge in [-0.15, -0.1) is 0 Å². The molecule has 1 aromatic carbocycles. The van der Waals surface area contributed by atoms with Crippen LogP contribution in [0.1, 0.15) is 41.6 Å². The molecule has 3 aliphatic rings. The lowest BCUT2D eigenvalue weighted by atomic mass is 10.0. The molecule has 2 aromatic rings. The summed E-state index contributed by atoms with van der Waals surface area (Å²) in [4.78, 5) is 43.0. The van der Waals surface area contributed by atoms with E-state index in [1.807, 2.05) is 0 Å². The quantitative estimate of drug-likeness (QED) is 0.550. The van der Waals surface area contributed by atoms with Gasteiger partial charge in [0.1, 0.15) is 11.6 Å². The number of fused-ring (bicyclic) bond motifs is 1. The van der Waals surface area contributed by atoms with E-state index in [9.17, 15) is 18.8 Å². The monoisotopic (exact) mass is 468 g/mol. The molecule has 0 bridgehead atoms. The van der Waals surface area contributed by atoms with Crippen LogP contribution in [0.3, 0.4) is 0 Å². The van der Waals surface area contributed by atoms with Gasteiger partial charge in [-0.25, -0.2) is 9.37 Å². The van der Waals surface area contributed by atoms with E-state index in [-0.39, 0.29) is 35.7 Å². The number of anilines is 1. The van der Waals surface area contributed by atoms with Gasteiger partial charge in [0.05, 0.1) is 26.3 Å². The van der Waals surface area contributed by atoms with Crippen LogP contribution in [-0.2, 0) is 20.7 Å². The summed E-state index contributed by atoms with van der Waals surface area (Å²) in [6.45, 7) is 0.990. The van der Waals surface area contributed by atoms with Crippen molar-refractivity contribution in [3.8, 4) is 11.6 Å². The Balaban J connectivity index is 1.25. The van der Waals surface area contributed by atoms with Gasteiger partial charge in [0.25, 0.3) is 5.91 Å². The molecule has 2 aliphatic carbocycles. The van der Waals surface area contributed by atoms with Crippen LogP contribution in [-0.4, -0.2) is 49.0 Å². The number of carbonyl (C=O) groups excluding carboxylic acids is 3. The Kier molecular flexibility index (Phi) is 5.93. The maximum absolute atomic E-state index is 14.8. The predicted molar refractivity (Wildman–Crippen MR) is 118 cm³/mol. The number of hydrogen-bond acceptors (Lipinski definition) is 7. The third kappa shape index (κ3) is 4.47. The maximum Gasteiger partial charge on any atom is 0.306 e. The third-order valence-corrected chi connectivity index (χ3v) is 6.53. The van der Waals surface area contributed by atoms with Crippen molar-refractivity contribution in [1.82, 2.24) is 4.98 Å². The molecule has 2 unspecified atom stereocenters. The standard InChI is InChI=1S/C25H25FN2O6/c1-32-23(29)9-15-8-18-19(24(15)30)10-16(11-20(18)26)28-7-6-21(25(28)31)34-17-4-5-22(27-12-17)33-13-14-2-3-14/h4-5,10-12,14-15,21H,2-3,6-9,13H2,1H3. The van der Waals surface area contributed by atoms with Crippen LogP contribution in [0, 0.1) is 17.7 Å². The van der Waals surface area contributed by atoms with Crippen LogP contribution in [0.5, 0.6) is 11.6 Å². The molecular weight excluding hydrogens is 443 g/mol. The average Bonchev–Trinajstić information content (AvgIpc) is 3.53. The first-order valence-electron chi connectivity index (χ1n) is 11.4. The van der Waals surface area contributed by atoms with Crippen molar-refractivity contribution >= 4 is 23.3 Å². The summed E-state index contributed by atoms with van der Waals surface area (Å²) in [5.41, 5.74) is 0.797. The number of rotatable bonds is 8. The predicted octanol–water partition coefficient (Wildman–Crippen LogP) is 3.11. The van der Waals surface area contributed by atoms with Crippen molar-refractivity contribution < 1.29 is 33.0 Å². The maximum atomic E-state index is 14.8. The van der Waals surface area contributed by atoms with Gasteiger partial charge in [-0.3, -0.25) is 14.4 Å². The number of hydrogen-bond donors (Lipinski definition) is 0. The van der Waals surface area contributed by atoms with E-state index in [1.54, 1.807) is 12.1 Å². The zero-order chi connectivity index (χ0) is 23.8. The number of halogens is 1. The lowest BCUT2D eigenvalue weighted by Gasteiger charge is -2.18. The number of pyridine rings is 1. The number of methoxy groups -OCH3 is 1. The molecule has 178 valence electrons. The fourth-order valence-electron chi connectivity index (χ4n) is 4.41. The molecule has 5 rings (SSSR count). The molecule has 2 heterocycles. The molecule has 1 saturated heterocycles. The molecule has 34 heavy (non-hydrogen) atoms. The van der Waals surface area contributed by atoms with Gasteiger partial charge in [0.15, 0.2) is 11.9 Å². The van der Waals surface area contributed by atoms with Crippen LogP contribution in [0.15, 0.2) is 30.5 Å². The first-order valence-corrected chi connectivity index (χ1v) is 11.4. The highest BCUT2D eigenvalue weighted by Crippen LogP contribution is 2.36. The number of ether oxygens (including phenoxy) is 3. The lowest BCUT2D eigenvalue weighted by Crippen LogP contribution is -2.32. The molecule has 2 atom stereocenters.